The van der Waals surface area contributed by atoms with Gasteiger partial charge in [-0.1, -0.05) is 48.5 Å². The number of carbonyl (C=O) groups excluding carboxylic acids is 2. The second kappa shape index (κ2) is 7.57. The zero-order valence-electron chi connectivity index (χ0n) is 17.9. The van der Waals surface area contributed by atoms with E-state index >= 15 is 0 Å². The average molecular weight is 403 g/mol. The smallest absolute Gasteiger partial charge is 0.226 e. The molecule has 0 N–H and O–H groups in total. The van der Waals surface area contributed by atoms with Crippen molar-refractivity contribution in [3.8, 4) is 0 Å². The third-order valence-corrected chi connectivity index (χ3v) is 7.62. The van der Waals surface area contributed by atoms with E-state index in [1.54, 1.807) is 0 Å². The summed E-state index contributed by atoms with van der Waals surface area (Å²) in [7, 11) is 0. The summed E-state index contributed by atoms with van der Waals surface area (Å²) in [6, 6.07) is 17.0. The van der Waals surface area contributed by atoms with Gasteiger partial charge in [0.25, 0.3) is 0 Å². The molecule has 0 saturated heterocycles. The largest absolute Gasteiger partial charge is 0.331 e. The zero-order chi connectivity index (χ0) is 20.8. The average Bonchev–Trinajstić information content (AvgIpc) is 3.30. The molecule has 2 heterocycles. The lowest BCUT2D eigenvalue weighted by Crippen LogP contribution is -2.39. The van der Waals surface area contributed by atoms with Crippen LogP contribution in [0.5, 0.6) is 0 Å². The van der Waals surface area contributed by atoms with Crippen LogP contribution >= 0.6 is 0 Å². The summed E-state index contributed by atoms with van der Waals surface area (Å²) in [5.74, 6) is 0.649. The second-order valence-corrected chi connectivity index (χ2v) is 9.23. The van der Waals surface area contributed by atoms with E-state index in [1.807, 2.05) is 21.9 Å². The maximum atomic E-state index is 13.2. The Kier molecular flexibility index (Phi) is 4.88. The Morgan fingerprint density at radius 1 is 0.667 bits per heavy atom. The highest BCUT2D eigenvalue weighted by Gasteiger charge is 2.39. The molecule has 4 nitrogen and oxygen atoms in total. The minimum absolute atomic E-state index is 0.0546. The number of rotatable bonds is 2. The van der Waals surface area contributed by atoms with E-state index in [0.717, 1.165) is 38.8 Å². The summed E-state index contributed by atoms with van der Waals surface area (Å²) in [4.78, 5) is 30.6. The minimum atomic E-state index is 0.0546. The van der Waals surface area contributed by atoms with E-state index in [-0.39, 0.29) is 35.7 Å². The Hall–Kier alpha value is -2.62. The van der Waals surface area contributed by atoms with E-state index in [2.05, 4.69) is 50.2 Å². The first-order valence-corrected chi connectivity index (χ1v) is 11.3. The van der Waals surface area contributed by atoms with Gasteiger partial charge in [0.2, 0.25) is 11.8 Å². The quantitative estimate of drug-likeness (QED) is 0.709. The number of carbonyl (C=O) groups is 2. The summed E-state index contributed by atoms with van der Waals surface area (Å²) in [5, 5.41) is 0. The first-order chi connectivity index (χ1) is 14.5. The predicted octanol–water partition coefficient (Wildman–Crippen LogP) is 5.00. The van der Waals surface area contributed by atoms with Crippen LogP contribution in [0.1, 0.15) is 73.9 Å². The van der Waals surface area contributed by atoms with Crippen LogP contribution in [0.4, 0.5) is 0 Å². The molecule has 5 rings (SSSR count). The summed E-state index contributed by atoms with van der Waals surface area (Å²) < 4.78 is 0. The number of benzene rings is 2. The fourth-order valence-electron chi connectivity index (χ4n) is 5.74. The normalized spacial score (nSPS) is 27.7. The molecule has 0 aromatic heterocycles. The molecule has 1 fully saturated rings. The SMILES string of the molecule is CC1c2ccccc2CN1C(=O)C1CCC(C(=O)N2Cc3ccccc3C2C)CC1. The molecule has 2 aromatic rings. The highest BCUT2D eigenvalue weighted by atomic mass is 16.2. The number of hydrogen-bond donors (Lipinski definition) is 0. The maximum Gasteiger partial charge on any atom is 0.226 e. The van der Waals surface area contributed by atoms with Gasteiger partial charge < -0.3 is 9.80 Å². The molecule has 1 saturated carbocycles. The maximum absolute atomic E-state index is 13.2. The van der Waals surface area contributed by atoms with Gasteiger partial charge in [0.05, 0.1) is 12.1 Å². The molecule has 2 atom stereocenters. The van der Waals surface area contributed by atoms with Gasteiger partial charge in [-0.15, -0.1) is 0 Å². The topological polar surface area (TPSA) is 40.6 Å². The molecule has 3 aliphatic rings. The Morgan fingerprint density at radius 2 is 1.03 bits per heavy atom. The van der Waals surface area contributed by atoms with Crippen molar-refractivity contribution in [2.75, 3.05) is 0 Å². The van der Waals surface area contributed by atoms with E-state index in [0.29, 0.717) is 0 Å². The van der Waals surface area contributed by atoms with Crippen molar-refractivity contribution in [3.63, 3.8) is 0 Å². The summed E-state index contributed by atoms with van der Waals surface area (Å²) in [6.07, 6.45) is 3.29. The van der Waals surface area contributed by atoms with Gasteiger partial charge in [0.1, 0.15) is 0 Å². The number of hydrogen-bond acceptors (Lipinski definition) is 2. The Bertz CT molecular complexity index is 897. The van der Waals surface area contributed by atoms with Crippen LogP contribution in [0.3, 0.4) is 0 Å². The molecule has 1 aliphatic carbocycles. The third-order valence-electron chi connectivity index (χ3n) is 7.62. The van der Waals surface area contributed by atoms with Gasteiger partial charge in [0, 0.05) is 24.9 Å². The van der Waals surface area contributed by atoms with Gasteiger partial charge in [-0.05, 0) is 61.8 Å². The van der Waals surface area contributed by atoms with Crippen LogP contribution in [-0.2, 0) is 22.7 Å². The number of amides is 2. The molecular formula is C26H30N2O2. The predicted molar refractivity (Wildman–Crippen MR) is 116 cm³/mol. The third kappa shape index (κ3) is 3.13. The lowest BCUT2D eigenvalue weighted by atomic mass is 9.80. The molecule has 0 bridgehead atoms. The van der Waals surface area contributed by atoms with Gasteiger partial charge in [-0.3, -0.25) is 9.59 Å². The van der Waals surface area contributed by atoms with Crippen molar-refractivity contribution >= 4 is 11.8 Å². The van der Waals surface area contributed by atoms with E-state index in [1.165, 1.54) is 22.3 Å². The molecule has 4 heteroatoms. The molecule has 0 radical (unpaired) electrons. The molecule has 2 aromatic carbocycles. The van der Waals surface area contributed by atoms with Crippen LogP contribution in [0.25, 0.3) is 0 Å². The van der Waals surface area contributed by atoms with Gasteiger partial charge in [-0.2, -0.15) is 0 Å². The summed E-state index contributed by atoms with van der Waals surface area (Å²) >= 11 is 0. The second-order valence-electron chi connectivity index (χ2n) is 9.23. The van der Waals surface area contributed by atoms with Crippen LogP contribution in [0, 0.1) is 11.8 Å². The van der Waals surface area contributed by atoms with Gasteiger partial charge in [-0.25, -0.2) is 0 Å². The fourth-order valence-corrected chi connectivity index (χ4v) is 5.74. The van der Waals surface area contributed by atoms with Crippen molar-refractivity contribution in [2.24, 2.45) is 11.8 Å². The van der Waals surface area contributed by atoms with Gasteiger partial charge in [0.15, 0.2) is 0 Å². The van der Waals surface area contributed by atoms with Crippen molar-refractivity contribution in [1.82, 2.24) is 9.80 Å². The fraction of sp³-hybridized carbons (Fsp3) is 0.462. The molecule has 0 spiro atoms. The standard InChI is InChI=1S/C26H30N2O2/c1-17-23-9-5-3-7-21(23)15-27(17)25(29)19-11-13-20(14-12-19)26(30)28-16-22-8-4-6-10-24(22)18(28)2/h3-10,17-20H,11-16H2,1-2H3. The van der Waals surface area contributed by atoms with E-state index < -0.39 is 0 Å². The van der Waals surface area contributed by atoms with Crippen molar-refractivity contribution < 1.29 is 9.59 Å². The van der Waals surface area contributed by atoms with Crippen LogP contribution in [0.15, 0.2) is 48.5 Å². The first kappa shape index (κ1) is 19.3. The Balaban J connectivity index is 1.20. The van der Waals surface area contributed by atoms with Crippen LogP contribution in [0.2, 0.25) is 0 Å². The van der Waals surface area contributed by atoms with Gasteiger partial charge >= 0.3 is 0 Å². The monoisotopic (exact) mass is 402 g/mol. The van der Waals surface area contributed by atoms with E-state index in [4.69, 9.17) is 0 Å². The van der Waals surface area contributed by atoms with Crippen molar-refractivity contribution in [3.05, 3.63) is 70.8 Å². The van der Waals surface area contributed by atoms with Crippen LogP contribution in [-0.4, -0.2) is 21.6 Å². The Morgan fingerprint density at radius 3 is 1.40 bits per heavy atom. The van der Waals surface area contributed by atoms with E-state index in [9.17, 15) is 9.59 Å². The number of nitrogens with zero attached hydrogens (tertiary/aromatic N) is 2. The molecule has 30 heavy (non-hydrogen) atoms. The van der Waals surface area contributed by atoms with Crippen molar-refractivity contribution in [2.45, 2.75) is 64.7 Å². The van der Waals surface area contributed by atoms with Crippen LogP contribution < -0.4 is 0 Å². The van der Waals surface area contributed by atoms with Crippen molar-refractivity contribution in [1.29, 1.82) is 0 Å². The molecular weight excluding hydrogens is 372 g/mol. The highest BCUT2D eigenvalue weighted by Crippen LogP contribution is 2.40. The summed E-state index contributed by atoms with van der Waals surface area (Å²) in [6.45, 7) is 5.70. The minimum Gasteiger partial charge on any atom is -0.331 e. The zero-order valence-corrected chi connectivity index (χ0v) is 17.9. The highest BCUT2D eigenvalue weighted by molar-refractivity contribution is 5.82. The Labute approximate surface area is 178 Å². The molecule has 2 amide bonds. The first-order valence-electron chi connectivity index (χ1n) is 11.3. The number of fused-ring (bicyclic) bond motifs is 2. The molecule has 156 valence electrons. The molecule has 2 unspecified atom stereocenters. The lowest BCUT2D eigenvalue weighted by molar-refractivity contribution is -0.143. The summed E-state index contributed by atoms with van der Waals surface area (Å²) in [5.41, 5.74) is 5.09. The lowest BCUT2D eigenvalue weighted by Gasteiger charge is -2.34. The molecule has 2 aliphatic heterocycles.